The van der Waals surface area contributed by atoms with Gasteiger partial charge >= 0.3 is 0 Å². The average molecular weight is 526 g/mol. The molecule has 0 spiro atoms. The van der Waals surface area contributed by atoms with Crippen molar-refractivity contribution in [3.05, 3.63) is 75.8 Å². The van der Waals surface area contributed by atoms with Crippen LogP contribution in [0.3, 0.4) is 0 Å². The van der Waals surface area contributed by atoms with Crippen molar-refractivity contribution in [2.45, 2.75) is 52.2 Å². The van der Waals surface area contributed by atoms with Gasteiger partial charge < -0.3 is 10.2 Å². The van der Waals surface area contributed by atoms with Gasteiger partial charge in [0.1, 0.15) is 12.6 Å². The minimum Gasteiger partial charge on any atom is -0.352 e. The number of hydrogen-bond donors (Lipinski definition) is 1. The molecule has 1 heterocycles. The van der Waals surface area contributed by atoms with Crippen molar-refractivity contribution in [3.63, 3.8) is 0 Å². The van der Waals surface area contributed by atoms with Gasteiger partial charge in [0.05, 0.1) is 5.69 Å². The smallest absolute Gasteiger partial charge is 0.259 e. The van der Waals surface area contributed by atoms with Crippen molar-refractivity contribution < 1.29 is 14.4 Å². The summed E-state index contributed by atoms with van der Waals surface area (Å²) < 4.78 is 0. The van der Waals surface area contributed by atoms with Gasteiger partial charge in [-0.15, -0.1) is 0 Å². The second kappa shape index (κ2) is 10.9. The summed E-state index contributed by atoms with van der Waals surface area (Å²) in [5, 5.41) is 5.57. The van der Waals surface area contributed by atoms with E-state index in [1.54, 1.807) is 24.3 Å². The number of anilines is 1. The lowest BCUT2D eigenvalue weighted by atomic mass is 10.1. The molecule has 0 aromatic heterocycles. The minimum atomic E-state index is -0.755. The first-order valence-corrected chi connectivity index (χ1v) is 12.9. The molecule has 1 aliphatic rings. The monoisotopic (exact) mass is 525 g/mol. The number of benzene rings is 3. The Morgan fingerprint density at radius 3 is 2.25 bits per heavy atom. The van der Waals surface area contributed by atoms with Gasteiger partial charge in [0, 0.05) is 39.1 Å². The molecule has 1 aliphatic heterocycles. The second-order valence-corrected chi connectivity index (χ2v) is 9.85. The number of nitrogens with zero attached hydrogens (tertiary/aromatic N) is 2. The van der Waals surface area contributed by atoms with E-state index >= 15 is 0 Å². The molecule has 4 rings (SSSR count). The van der Waals surface area contributed by atoms with Crippen LogP contribution in [0.25, 0.3) is 10.8 Å². The summed E-state index contributed by atoms with van der Waals surface area (Å²) in [6.07, 6.45) is 1.15. The first-order valence-electron chi connectivity index (χ1n) is 12.1. The van der Waals surface area contributed by atoms with Gasteiger partial charge in [-0.2, -0.15) is 0 Å². The first-order chi connectivity index (χ1) is 17.3. The van der Waals surface area contributed by atoms with E-state index in [4.69, 9.17) is 23.2 Å². The van der Waals surface area contributed by atoms with Crippen LogP contribution in [-0.2, 0) is 16.1 Å². The van der Waals surface area contributed by atoms with Crippen LogP contribution in [0.15, 0.2) is 54.6 Å². The van der Waals surface area contributed by atoms with E-state index in [0.29, 0.717) is 33.3 Å². The summed E-state index contributed by atoms with van der Waals surface area (Å²) in [5.74, 6) is -0.847. The largest absolute Gasteiger partial charge is 0.352 e. The Balaban J connectivity index is 1.68. The number of nitrogens with one attached hydrogen (secondary N) is 1. The molecule has 188 valence electrons. The van der Waals surface area contributed by atoms with Gasteiger partial charge in [-0.3, -0.25) is 19.3 Å². The highest BCUT2D eigenvalue weighted by Gasteiger charge is 2.35. The Morgan fingerprint density at radius 2 is 1.61 bits per heavy atom. The lowest BCUT2D eigenvalue weighted by molar-refractivity contribution is -0.140. The van der Waals surface area contributed by atoms with E-state index in [9.17, 15) is 14.4 Å². The van der Waals surface area contributed by atoms with Crippen LogP contribution in [0.2, 0.25) is 10.0 Å². The minimum absolute atomic E-state index is 0.0420. The van der Waals surface area contributed by atoms with Crippen LogP contribution in [0.1, 0.15) is 49.5 Å². The highest BCUT2D eigenvalue weighted by Crippen LogP contribution is 2.37. The van der Waals surface area contributed by atoms with Gasteiger partial charge in [0.15, 0.2) is 0 Å². The van der Waals surface area contributed by atoms with Crippen LogP contribution in [0, 0.1) is 0 Å². The fourth-order valence-electron chi connectivity index (χ4n) is 4.58. The van der Waals surface area contributed by atoms with Gasteiger partial charge in [-0.05, 0) is 49.4 Å². The van der Waals surface area contributed by atoms with Crippen molar-refractivity contribution in [3.8, 4) is 0 Å². The summed E-state index contributed by atoms with van der Waals surface area (Å²) in [4.78, 5) is 43.4. The summed E-state index contributed by atoms with van der Waals surface area (Å²) >= 11 is 12.9. The van der Waals surface area contributed by atoms with Crippen LogP contribution in [0.4, 0.5) is 5.69 Å². The average Bonchev–Trinajstić information content (AvgIpc) is 3.13. The van der Waals surface area contributed by atoms with Gasteiger partial charge in [-0.25, -0.2) is 0 Å². The van der Waals surface area contributed by atoms with Gasteiger partial charge in [-0.1, -0.05) is 67.4 Å². The normalized spacial score (nSPS) is 14.1. The molecule has 0 bridgehead atoms. The molecule has 0 saturated heterocycles. The molecule has 0 aliphatic carbocycles. The highest BCUT2D eigenvalue weighted by atomic mass is 35.5. The van der Waals surface area contributed by atoms with E-state index in [1.807, 2.05) is 51.1 Å². The van der Waals surface area contributed by atoms with E-state index in [0.717, 1.165) is 17.2 Å². The van der Waals surface area contributed by atoms with Crippen LogP contribution < -0.4 is 10.2 Å². The Hall–Kier alpha value is -3.09. The standard InChI is InChI=1S/C28H29Cl2N3O3/c1-4-17(3)31-27(35)23(5-2)32(15-20-21(29)12-8-13-22(20)30)25(34)16-33-24-14-7-10-18-9-6-11-19(26(18)24)28(33)36/h6-14,17,23H,4-5,15-16H2,1-3H3,(H,31,35)/t17-,23-/m0/s1. The molecule has 3 aromatic carbocycles. The van der Waals surface area contributed by atoms with Gasteiger partial charge in [0.2, 0.25) is 11.8 Å². The van der Waals surface area contributed by atoms with E-state index in [-0.39, 0.29) is 36.9 Å². The number of carbonyl (C=O) groups excluding carboxylic acids is 3. The maximum absolute atomic E-state index is 13.9. The lowest BCUT2D eigenvalue weighted by Gasteiger charge is -2.33. The van der Waals surface area contributed by atoms with Crippen molar-refractivity contribution in [2.24, 2.45) is 0 Å². The zero-order valence-electron chi connectivity index (χ0n) is 20.6. The van der Waals surface area contributed by atoms with Crippen molar-refractivity contribution in [1.29, 1.82) is 0 Å². The fraction of sp³-hybridized carbons (Fsp3) is 0.321. The Labute approximate surface area is 221 Å². The van der Waals surface area contributed by atoms with Crippen molar-refractivity contribution in [2.75, 3.05) is 11.4 Å². The van der Waals surface area contributed by atoms with Crippen molar-refractivity contribution >= 4 is 57.4 Å². The molecular formula is C28H29Cl2N3O3. The topological polar surface area (TPSA) is 69.7 Å². The van der Waals surface area contributed by atoms with Crippen molar-refractivity contribution in [1.82, 2.24) is 10.2 Å². The fourth-order valence-corrected chi connectivity index (χ4v) is 5.09. The number of rotatable bonds is 9. The molecule has 36 heavy (non-hydrogen) atoms. The Bertz CT molecular complexity index is 1300. The molecular weight excluding hydrogens is 497 g/mol. The number of hydrogen-bond acceptors (Lipinski definition) is 3. The van der Waals surface area contributed by atoms with Gasteiger partial charge in [0.25, 0.3) is 5.91 Å². The second-order valence-electron chi connectivity index (χ2n) is 9.04. The SMILES string of the molecule is CC[C@H](C)NC(=O)[C@H](CC)N(Cc1c(Cl)cccc1Cl)C(=O)CN1C(=O)c2cccc3cccc1c23. The van der Waals surface area contributed by atoms with E-state index < -0.39 is 6.04 Å². The predicted octanol–water partition coefficient (Wildman–Crippen LogP) is 5.83. The zero-order valence-corrected chi connectivity index (χ0v) is 22.1. The molecule has 3 amide bonds. The molecule has 6 nitrogen and oxygen atoms in total. The third kappa shape index (κ3) is 4.93. The molecule has 0 unspecified atom stereocenters. The van der Waals surface area contributed by atoms with E-state index in [1.165, 1.54) is 9.80 Å². The van der Waals surface area contributed by atoms with Crippen LogP contribution >= 0.6 is 23.2 Å². The summed E-state index contributed by atoms with van der Waals surface area (Å²) in [6, 6.07) is 15.5. The molecule has 0 saturated carbocycles. The molecule has 1 N–H and O–H groups in total. The maximum Gasteiger partial charge on any atom is 0.259 e. The number of amides is 3. The third-order valence-corrected chi connectivity index (χ3v) is 7.43. The summed E-state index contributed by atoms with van der Waals surface area (Å²) in [6.45, 7) is 5.59. The molecule has 2 atom stereocenters. The third-order valence-electron chi connectivity index (χ3n) is 6.72. The summed E-state index contributed by atoms with van der Waals surface area (Å²) in [7, 11) is 0. The maximum atomic E-state index is 13.9. The number of carbonyl (C=O) groups is 3. The summed E-state index contributed by atoms with van der Waals surface area (Å²) in [5.41, 5.74) is 1.81. The molecule has 0 fully saturated rings. The van der Waals surface area contributed by atoms with Crippen LogP contribution in [-0.4, -0.2) is 41.2 Å². The first kappa shape index (κ1) is 26.0. The molecule has 8 heteroatoms. The lowest BCUT2D eigenvalue weighted by Crippen LogP contribution is -2.53. The Kier molecular flexibility index (Phi) is 7.86. The quantitative estimate of drug-likeness (QED) is 0.382. The molecule has 3 aromatic rings. The zero-order chi connectivity index (χ0) is 26.0. The van der Waals surface area contributed by atoms with Crippen LogP contribution in [0.5, 0.6) is 0 Å². The molecule has 0 radical (unpaired) electrons. The van der Waals surface area contributed by atoms with E-state index in [2.05, 4.69) is 5.32 Å². The number of halogens is 2. The predicted molar refractivity (Wildman–Crippen MR) is 145 cm³/mol. The highest BCUT2D eigenvalue weighted by molar-refractivity contribution is 6.36. The Morgan fingerprint density at radius 1 is 0.972 bits per heavy atom.